The molecule has 1 aliphatic carbocycles. The molecule has 5 heteroatoms. The minimum atomic E-state index is 0.753. The number of anilines is 6. The lowest BCUT2D eigenvalue weighted by atomic mass is 9.97. The van der Waals surface area contributed by atoms with Crippen LogP contribution in [0, 0.1) is 0 Å². The first-order valence-corrected chi connectivity index (χ1v) is 24.2. The molecule has 0 unspecified atom stereocenters. The van der Waals surface area contributed by atoms with E-state index in [0.717, 1.165) is 102 Å². The first kappa shape index (κ1) is 41.8. The standard InChI is InChI=1S/C66H47N3O2/c1-45-17-15-16-38-70-64-36-33-53(43-59(45)64)67(50-18-5-2-6-19-50)55-39-49(40-56(42-55)68(51-20-7-3-8-21-51)54-34-37-66-61(44-54)58-25-12-14-27-65(58)71-66)47-30-28-46(29-31-47)48-32-35-63-60(41-48)57-24-11-13-26-62(57)69(63)52-22-9-4-10-23-52/h2-9,11-22,24-44H,1,10,23H2/b17-15-,38-16-. The van der Waals surface area contributed by atoms with Crippen molar-refractivity contribution in [2.24, 2.45) is 0 Å². The van der Waals surface area contributed by atoms with Crippen molar-refractivity contribution in [3.63, 3.8) is 0 Å². The van der Waals surface area contributed by atoms with E-state index >= 15 is 0 Å². The van der Waals surface area contributed by atoms with Crippen LogP contribution in [-0.2, 0) is 0 Å². The van der Waals surface area contributed by atoms with Gasteiger partial charge in [-0.15, -0.1) is 0 Å². The third kappa shape index (κ3) is 7.61. The van der Waals surface area contributed by atoms with Gasteiger partial charge in [-0.1, -0.05) is 134 Å². The van der Waals surface area contributed by atoms with Crippen LogP contribution in [0.2, 0.25) is 0 Å². The number of hydrogen-bond donors (Lipinski definition) is 0. The molecule has 71 heavy (non-hydrogen) atoms. The summed E-state index contributed by atoms with van der Waals surface area (Å²) in [5.41, 5.74) is 17.9. The smallest absolute Gasteiger partial charge is 0.135 e. The van der Waals surface area contributed by atoms with Crippen molar-refractivity contribution < 1.29 is 9.15 Å². The van der Waals surface area contributed by atoms with Gasteiger partial charge in [-0.3, -0.25) is 0 Å². The van der Waals surface area contributed by atoms with Gasteiger partial charge in [0.2, 0.25) is 0 Å². The molecular weight excluding hydrogens is 867 g/mol. The summed E-state index contributed by atoms with van der Waals surface area (Å²) >= 11 is 0. The lowest BCUT2D eigenvalue weighted by molar-refractivity contribution is 0.479. The highest BCUT2D eigenvalue weighted by Crippen LogP contribution is 2.46. The molecule has 0 saturated heterocycles. The van der Waals surface area contributed by atoms with Gasteiger partial charge in [0, 0.05) is 66.9 Å². The Hall–Kier alpha value is -9.32. The zero-order valence-electron chi connectivity index (χ0n) is 39.0. The number of benzene rings is 9. The van der Waals surface area contributed by atoms with Crippen molar-refractivity contribution >= 4 is 89.1 Å². The van der Waals surface area contributed by atoms with Crippen LogP contribution in [0.4, 0.5) is 34.1 Å². The molecule has 9 aromatic carbocycles. The number of allylic oxidation sites excluding steroid dienone is 8. The molecule has 338 valence electrons. The third-order valence-corrected chi connectivity index (χ3v) is 13.8. The molecule has 0 atom stereocenters. The number of para-hydroxylation sites is 4. The maximum absolute atomic E-state index is 6.34. The van der Waals surface area contributed by atoms with Crippen LogP contribution >= 0.6 is 0 Å². The van der Waals surface area contributed by atoms with E-state index in [0.29, 0.717) is 0 Å². The Morgan fingerprint density at radius 1 is 0.437 bits per heavy atom. The molecule has 5 nitrogen and oxygen atoms in total. The van der Waals surface area contributed by atoms with E-state index in [1.165, 1.54) is 33.1 Å². The van der Waals surface area contributed by atoms with E-state index in [9.17, 15) is 0 Å². The summed E-state index contributed by atoms with van der Waals surface area (Å²) in [4.78, 5) is 4.68. The van der Waals surface area contributed by atoms with Crippen LogP contribution in [0.15, 0.2) is 260 Å². The lowest BCUT2D eigenvalue weighted by Crippen LogP contribution is -2.14. The zero-order chi connectivity index (χ0) is 47.3. The highest BCUT2D eigenvalue weighted by molar-refractivity contribution is 6.11. The second kappa shape index (κ2) is 17.6. The van der Waals surface area contributed by atoms with Crippen molar-refractivity contribution in [3.05, 3.63) is 261 Å². The van der Waals surface area contributed by atoms with Crippen LogP contribution in [0.5, 0.6) is 5.75 Å². The molecule has 0 fully saturated rings. The van der Waals surface area contributed by atoms with E-state index in [4.69, 9.17) is 9.15 Å². The van der Waals surface area contributed by atoms with Crippen molar-refractivity contribution in [2.45, 2.75) is 12.8 Å². The van der Waals surface area contributed by atoms with Gasteiger partial charge in [-0.2, -0.15) is 0 Å². The van der Waals surface area contributed by atoms with Crippen molar-refractivity contribution in [1.29, 1.82) is 0 Å². The van der Waals surface area contributed by atoms with Gasteiger partial charge in [0.1, 0.15) is 16.9 Å². The van der Waals surface area contributed by atoms with Gasteiger partial charge in [0.25, 0.3) is 0 Å². The quantitative estimate of drug-likeness (QED) is 0.144. The zero-order valence-corrected chi connectivity index (χ0v) is 39.0. The number of furan rings is 1. The van der Waals surface area contributed by atoms with Crippen LogP contribution in [-0.4, -0.2) is 4.57 Å². The fourth-order valence-corrected chi connectivity index (χ4v) is 10.4. The predicted octanol–water partition coefficient (Wildman–Crippen LogP) is 18.6. The summed E-state index contributed by atoms with van der Waals surface area (Å²) < 4.78 is 14.9. The Labute approximate surface area is 412 Å². The Kier molecular flexibility index (Phi) is 10.4. The molecule has 0 bridgehead atoms. The van der Waals surface area contributed by atoms with Crippen LogP contribution in [0.25, 0.3) is 77.3 Å². The van der Waals surface area contributed by atoms with E-state index in [2.05, 4.69) is 227 Å². The second-order valence-electron chi connectivity index (χ2n) is 18.2. The number of fused-ring (bicyclic) bond motifs is 7. The molecule has 3 heterocycles. The minimum absolute atomic E-state index is 0.753. The van der Waals surface area contributed by atoms with Gasteiger partial charge in [-0.25, -0.2) is 0 Å². The predicted molar refractivity (Wildman–Crippen MR) is 298 cm³/mol. The van der Waals surface area contributed by atoms with Gasteiger partial charge >= 0.3 is 0 Å². The summed E-state index contributed by atoms with van der Waals surface area (Å²) in [7, 11) is 0. The Balaban J connectivity index is 0.987. The highest BCUT2D eigenvalue weighted by Gasteiger charge is 2.22. The molecule has 0 N–H and O–H groups in total. The van der Waals surface area contributed by atoms with Crippen molar-refractivity contribution in [3.8, 4) is 28.0 Å². The van der Waals surface area contributed by atoms with E-state index in [1.54, 1.807) is 6.26 Å². The van der Waals surface area contributed by atoms with Crippen LogP contribution in [0.3, 0.4) is 0 Å². The molecular formula is C66H47N3O2. The number of rotatable bonds is 9. The number of hydrogen-bond acceptors (Lipinski definition) is 4. The van der Waals surface area contributed by atoms with E-state index in [1.807, 2.05) is 36.4 Å². The monoisotopic (exact) mass is 913 g/mol. The van der Waals surface area contributed by atoms with Gasteiger partial charge in [-0.05, 0) is 156 Å². The average molecular weight is 914 g/mol. The molecule has 2 aromatic heterocycles. The first-order valence-electron chi connectivity index (χ1n) is 24.2. The summed E-state index contributed by atoms with van der Waals surface area (Å²) in [6.45, 7) is 4.44. The maximum Gasteiger partial charge on any atom is 0.135 e. The summed E-state index contributed by atoms with van der Waals surface area (Å²) in [5.74, 6) is 0.753. The van der Waals surface area contributed by atoms with Gasteiger partial charge in [0.15, 0.2) is 0 Å². The molecule has 13 rings (SSSR count). The van der Waals surface area contributed by atoms with E-state index in [-0.39, 0.29) is 0 Å². The van der Waals surface area contributed by atoms with Crippen LogP contribution < -0.4 is 14.5 Å². The topological polar surface area (TPSA) is 33.8 Å². The molecule has 0 radical (unpaired) electrons. The van der Waals surface area contributed by atoms with Crippen molar-refractivity contribution in [2.75, 3.05) is 9.80 Å². The minimum Gasteiger partial charge on any atom is -0.464 e. The first-order chi connectivity index (χ1) is 35.1. The highest BCUT2D eigenvalue weighted by atomic mass is 16.5. The maximum atomic E-state index is 6.34. The van der Waals surface area contributed by atoms with Crippen molar-refractivity contribution in [1.82, 2.24) is 4.57 Å². The molecule has 1 aliphatic heterocycles. The summed E-state index contributed by atoms with van der Waals surface area (Å²) in [6.07, 6.45) is 16.4. The van der Waals surface area contributed by atoms with Gasteiger partial charge in [0.05, 0.1) is 17.3 Å². The van der Waals surface area contributed by atoms with E-state index < -0.39 is 0 Å². The normalized spacial score (nSPS) is 14.2. The van der Waals surface area contributed by atoms with Gasteiger partial charge < -0.3 is 23.5 Å². The number of ether oxygens (including phenoxy) is 1. The third-order valence-electron chi connectivity index (χ3n) is 13.8. The summed E-state index contributed by atoms with van der Waals surface area (Å²) in [6, 6.07) is 74.0. The Bertz CT molecular complexity index is 3980. The molecule has 0 spiro atoms. The fourth-order valence-electron chi connectivity index (χ4n) is 10.4. The molecule has 11 aromatic rings. The second-order valence-corrected chi connectivity index (χ2v) is 18.2. The SMILES string of the molecule is C=C1/C=C\C=C/Oc2ccc(N(c3ccccc3)c3cc(-c4ccc(-c5ccc6c(c5)c5ccccc5n6C5=CC=CCC5)cc4)cc(N(c4ccccc4)c4ccc5oc6ccccc6c5c4)c3)cc21. The Morgan fingerprint density at radius 2 is 1.07 bits per heavy atom. The summed E-state index contributed by atoms with van der Waals surface area (Å²) in [5, 5.41) is 4.67. The largest absolute Gasteiger partial charge is 0.464 e. The molecule has 0 amide bonds. The Morgan fingerprint density at radius 3 is 1.82 bits per heavy atom. The van der Waals surface area contributed by atoms with Crippen LogP contribution in [0.1, 0.15) is 18.4 Å². The fraction of sp³-hybridized carbons (Fsp3) is 0.0303. The molecule has 0 saturated carbocycles. The number of aromatic nitrogens is 1. The molecule has 2 aliphatic rings. The lowest BCUT2D eigenvalue weighted by Gasteiger charge is -2.31. The average Bonchev–Trinajstić information content (AvgIpc) is 3.97. The number of nitrogens with zero attached hydrogens (tertiary/aromatic N) is 3.